The zero-order valence-corrected chi connectivity index (χ0v) is 13.3. The van der Waals surface area contributed by atoms with Gasteiger partial charge in [-0.2, -0.15) is 0 Å². The molecule has 2 aromatic carbocycles. The van der Waals surface area contributed by atoms with Gasteiger partial charge in [-0.25, -0.2) is 4.39 Å². The summed E-state index contributed by atoms with van der Waals surface area (Å²) >= 11 is 0. The van der Waals surface area contributed by atoms with E-state index in [0.717, 1.165) is 28.6 Å². The van der Waals surface area contributed by atoms with Gasteiger partial charge in [0.2, 0.25) is 6.79 Å². The van der Waals surface area contributed by atoms with E-state index in [1.54, 1.807) is 29.2 Å². The van der Waals surface area contributed by atoms with Crippen LogP contribution in [0, 0.1) is 5.82 Å². The molecule has 0 saturated carbocycles. The number of benzene rings is 2. The molecule has 25 heavy (non-hydrogen) atoms. The zero-order valence-electron chi connectivity index (χ0n) is 13.3. The number of carbonyl (C=O) groups excluding carboxylic acids is 1. The normalized spacial score (nSPS) is 15.5. The van der Waals surface area contributed by atoms with Crippen LogP contribution in [0.5, 0.6) is 11.5 Å². The Kier molecular flexibility index (Phi) is 3.00. The SMILES string of the molecule is O=C(c1ccc2c(c1)OCO2)N1CCc2[nH]c3ccc(F)cc3c2C1. The van der Waals surface area contributed by atoms with Crippen molar-refractivity contribution < 1.29 is 18.7 Å². The number of nitrogens with one attached hydrogen (secondary N) is 1. The summed E-state index contributed by atoms with van der Waals surface area (Å²) in [6.07, 6.45) is 0.724. The van der Waals surface area contributed by atoms with Crippen LogP contribution >= 0.6 is 0 Å². The van der Waals surface area contributed by atoms with Crippen LogP contribution in [0.2, 0.25) is 0 Å². The van der Waals surface area contributed by atoms with Gasteiger partial charge in [-0.1, -0.05) is 0 Å². The lowest BCUT2D eigenvalue weighted by Gasteiger charge is -2.27. The Hall–Kier alpha value is -3.02. The quantitative estimate of drug-likeness (QED) is 0.741. The number of H-pyrrole nitrogens is 1. The molecule has 126 valence electrons. The van der Waals surface area contributed by atoms with Crippen LogP contribution < -0.4 is 9.47 Å². The monoisotopic (exact) mass is 338 g/mol. The molecule has 1 N–H and O–H groups in total. The van der Waals surface area contributed by atoms with Gasteiger partial charge in [0.25, 0.3) is 5.91 Å². The van der Waals surface area contributed by atoms with Crippen molar-refractivity contribution in [2.75, 3.05) is 13.3 Å². The minimum atomic E-state index is -0.270. The summed E-state index contributed by atoms with van der Waals surface area (Å²) in [5.41, 5.74) is 3.55. The lowest BCUT2D eigenvalue weighted by molar-refractivity contribution is 0.0734. The van der Waals surface area contributed by atoms with Crippen molar-refractivity contribution in [2.24, 2.45) is 0 Å². The second kappa shape index (κ2) is 5.24. The van der Waals surface area contributed by atoms with Gasteiger partial charge in [0, 0.05) is 47.2 Å². The fraction of sp³-hybridized carbons (Fsp3) is 0.211. The molecule has 5 rings (SSSR count). The Bertz CT molecular complexity index is 1010. The average molecular weight is 338 g/mol. The van der Waals surface area contributed by atoms with Crippen molar-refractivity contribution in [1.29, 1.82) is 0 Å². The van der Waals surface area contributed by atoms with E-state index in [9.17, 15) is 9.18 Å². The number of aromatic amines is 1. The Morgan fingerprint density at radius 1 is 1.12 bits per heavy atom. The molecule has 5 nitrogen and oxygen atoms in total. The largest absolute Gasteiger partial charge is 0.454 e. The van der Waals surface area contributed by atoms with E-state index in [1.165, 1.54) is 12.1 Å². The van der Waals surface area contributed by atoms with E-state index in [2.05, 4.69) is 4.98 Å². The van der Waals surface area contributed by atoms with Gasteiger partial charge in [-0.15, -0.1) is 0 Å². The van der Waals surface area contributed by atoms with Gasteiger partial charge in [0.1, 0.15) is 5.82 Å². The van der Waals surface area contributed by atoms with Gasteiger partial charge in [-0.3, -0.25) is 4.79 Å². The smallest absolute Gasteiger partial charge is 0.254 e. The van der Waals surface area contributed by atoms with Crippen molar-refractivity contribution in [2.45, 2.75) is 13.0 Å². The van der Waals surface area contributed by atoms with Crippen LogP contribution in [0.1, 0.15) is 21.6 Å². The number of halogens is 1. The summed E-state index contributed by atoms with van der Waals surface area (Å²) in [6, 6.07) is 9.94. The fourth-order valence-corrected chi connectivity index (χ4v) is 3.57. The number of carbonyl (C=O) groups is 1. The summed E-state index contributed by atoms with van der Waals surface area (Å²) in [7, 11) is 0. The number of hydrogen-bond acceptors (Lipinski definition) is 3. The van der Waals surface area contributed by atoms with Gasteiger partial charge < -0.3 is 19.4 Å². The summed E-state index contributed by atoms with van der Waals surface area (Å²) in [5.74, 6) is 0.922. The molecule has 2 aliphatic heterocycles. The molecule has 0 fully saturated rings. The molecular weight excluding hydrogens is 323 g/mol. The molecule has 0 bridgehead atoms. The van der Waals surface area contributed by atoms with Crippen LogP contribution in [0.15, 0.2) is 36.4 Å². The third kappa shape index (κ3) is 2.25. The molecule has 1 aromatic heterocycles. The zero-order chi connectivity index (χ0) is 17.0. The second-order valence-electron chi connectivity index (χ2n) is 6.32. The van der Waals surface area contributed by atoms with E-state index in [0.29, 0.717) is 30.2 Å². The summed E-state index contributed by atoms with van der Waals surface area (Å²) in [6.45, 7) is 1.27. The van der Waals surface area contributed by atoms with E-state index >= 15 is 0 Å². The summed E-state index contributed by atoms with van der Waals surface area (Å²) < 4.78 is 24.3. The Labute approximate surface area is 143 Å². The average Bonchev–Trinajstić information content (AvgIpc) is 3.24. The number of rotatable bonds is 1. The van der Waals surface area contributed by atoms with Crippen LogP contribution in [-0.4, -0.2) is 29.1 Å². The van der Waals surface area contributed by atoms with E-state index < -0.39 is 0 Å². The first-order chi connectivity index (χ1) is 12.2. The van der Waals surface area contributed by atoms with Gasteiger partial charge in [-0.05, 0) is 36.4 Å². The molecule has 0 aliphatic carbocycles. The highest BCUT2D eigenvalue weighted by Crippen LogP contribution is 2.34. The first-order valence-electron chi connectivity index (χ1n) is 8.17. The fourth-order valence-electron chi connectivity index (χ4n) is 3.57. The number of aromatic nitrogens is 1. The van der Waals surface area contributed by atoms with Crippen LogP contribution in [0.25, 0.3) is 10.9 Å². The molecule has 0 radical (unpaired) electrons. The predicted octanol–water partition coefficient (Wildman–Crippen LogP) is 3.23. The van der Waals surface area contributed by atoms with E-state index in [-0.39, 0.29) is 18.5 Å². The number of nitrogens with zero attached hydrogens (tertiary/aromatic N) is 1. The minimum Gasteiger partial charge on any atom is -0.454 e. The van der Waals surface area contributed by atoms with Gasteiger partial charge in [0.05, 0.1) is 0 Å². The number of hydrogen-bond donors (Lipinski definition) is 1. The Morgan fingerprint density at radius 3 is 2.92 bits per heavy atom. The molecule has 3 heterocycles. The molecule has 6 heteroatoms. The van der Waals surface area contributed by atoms with Gasteiger partial charge in [0.15, 0.2) is 11.5 Å². The van der Waals surface area contributed by atoms with Crippen molar-refractivity contribution in [3.8, 4) is 11.5 Å². The maximum absolute atomic E-state index is 13.6. The number of fused-ring (bicyclic) bond motifs is 4. The van der Waals surface area contributed by atoms with Crippen molar-refractivity contribution in [1.82, 2.24) is 9.88 Å². The van der Waals surface area contributed by atoms with Crippen LogP contribution in [0.4, 0.5) is 4.39 Å². The molecular formula is C19H15FN2O3. The van der Waals surface area contributed by atoms with E-state index in [1.807, 2.05) is 0 Å². The Morgan fingerprint density at radius 2 is 2.00 bits per heavy atom. The Balaban J connectivity index is 1.47. The highest BCUT2D eigenvalue weighted by Gasteiger charge is 2.26. The number of amides is 1. The lowest BCUT2D eigenvalue weighted by atomic mass is 10.0. The first-order valence-corrected chi connectivity index (χ1v) is 8.17. The maximum atomic E-state index is 13.6. The molecule has 0 spiro atoms. The predicted molar refractivity (Wildman–Crippen MR) is 89.3 cm³/mol. The summed E-state index contributed by atoms with van der Waals surface area (Å²) in [5, 5.41) is 0.846. The highest BCUT2D eigenvalue weighted by molar-refractivity contribution is 5.95. The standard InChI is InChI=1S/C19H15FN2O3/c20-12-2-3-15-13(8-12)14-9-22(6-5-16(14)21-15)19(23)11-1-4-17-18(7-11)25-10-24-17/h1-4,7-8,21H,5-6,9-10H2. The molecule has 0 unspecified atom stereocenters. The molecule has 3 aromatic rings. The first kappa shape index (κ1) is 14.3. The van der Waals surface area contributed by atoms with Crippen molar-refractivity contribution >= 4 is 16.8 Å². The molecule has 0 saturated heterocycles. The lowest BCUT2D eigenvalue weighted by Crippen LogP contribution is -2.35. The third-order valence-electron chi connectivity index (χ3n) is 4.84. The molecule has 1 amide bonds. The minimum absolute atomic E-state index is 0.0605. The molecule has 0 atom stereocenters. The van der Waals surface area contributed by atoms with Crippen LogP contribution in [0.3, 0.4) is 0 Å². The number of ether oxygens (including phenoxy) is 2. The molecule has 2 aliphatic rings. The summed E-state index contributed by atoms with van der Waals surface area (Å²) in [4.78, 5) is 18.0. The van der Waals surface area contributed by atoms with Crippen LogP contribution in [-0.2, 0) is 13.0 Å². The second-order valence-corrected chi connectivity index (χ2v) is 6.32. The topological polar surface area (TPSA) is 54.6 Å². The van der Waals surface area contributed by atoms with Crippen molar-refractivity contribution in [3.63, 3.8) is 0 Å². The van der Waals surface area contributed by atoms with E-state index in [4.69, 9.17) is 9.47 Å². The third-order valence-corrected chi connectivity index (χ3v) is 4.84. The van der Waals surface area contributed by atoms with Gasteiger partial charge >= 0.3 is 0 Å². The maximum Gasteiger partial charge on any atom is 0.254 e. The van der Waals surface area contributed by atoms with Crippen molar-refractivity contribution in [3.05, 3.63) is 59.0 Å². The highest BCUT2D eigenvalue weighted by atomic mass is 19.1.